The Labute approximate surface area is 95.1 Å². The maximum Gasteiger partial charge on any atom is 0.171 e. The first-order valence-electron chi connectivity index (χ1n) is 5.23. The highest BCUT2D eigenvalue weighted by molar-refractivity contribution is 5.59. The maximum atomic E-state index is 5.79. The number of nitrogens with zero attached hydrogens (tertiary/aromatic N) is 2. The van der Waals surface area contributed by atoms with Gasteiger partial charge in [0, 0.05) is 19.8 Å². The summed E-state index contributed by atoms with van der Waals surface area (Å²) >= 11 is 0. The second-order valence-electron chi connectivity index (χ2n) is 3.95. The fourth-order valence-electron chi connectivity index (χ4n) is 1.65. The summed E-state index contributed by atoms with van der Waals surface area (Å²) in [7, 11) is 1.86. The highest BCUT2D eigenvalue weighted by atomic mass is 15.3. The summed E-state index contributed by atoms with van der Waals surface area (Å²) in [5.74, 6) is 0.740. The van der Waals surface area contributed by atoms with Gasteiger partial charge in [0.25, 0.3) is 0 Å². The highest BCUT2D eigenvalue weighted by Gasteiger charge is 2.02. The van der Waals surface area contributed by atoms with Gasteiger partial charge in [0.05, 0.1) is 5.69 Å². The molecule has 0 spiro atoms. The van der Waals surface area contributed by atoms with Gasteiger partial charge in [0.2, 0.25) is 0 Å². The lowest BCUT2D eigenvalue weighted by atomic mass is 10.1. The summed E-state index contributed by atoms with van der Waals surface area (Å²) in [6, 6.07) is 8.36. The maximum absolute atomic E-state index is 5.79. The molecule has 0 fully saturated rings. The molecule has 0 amide bonds. The number of rotatable bonds is 3. The Hall–Kier alpha value is -1.97. The number of anilines is 2. The van der Waals surface area contributed by atoms with E-state index in [1.54, 1.807) is 10.9 Å². The second-order valence-corrected chi connectivity index (χ2v) is 3.95. The van der Waals surface area contributed by atoms with Crippen LogP contribution in [0.2, 0.25) is 0 Å². The minimum Gasteiger partial charge on any atom is -0.394 e. The molecule has 0 saturated heterocycles. The minimum atomic E-state index is 0.676. The number of benzene rings is 1. The van der Waals surface area contributed by atoms with Crippen LogP contribution in [0.4, 0.5) is 11.5 Å². The molecule has 0 atom stereocenters. The van der Waals surface area contributed by atoms with Crippen molar-refractivity contribution in [1.29, 1.82) is 0 Å². The molecule has 0 aliphatic rings. The van der Waals surface area contributed by atoms with E-state index in [-0.39, 0.29) is 0 Å². The fourth-order valence-corrected chi connectivity index (χ4v) is 1.65. The van der Waals surface area contributed by atoms with Crippen LogP contribution >= 0.6 is 0 Å². The average Bonchev–Trinajstić information content (AvgIpc) is 2.54. The SMILES string of the molecule is Cc1cccc(CNc2nn(C)cc2N)c1. The molecule has 2 aromatic rings. The normalized spacial score (nSPS) is 10.4. The molecule has 0 aliphatic heterocycles. The summed E-state index contributed by atoms with van der Waals surface area (Å²) in [4.78, 5) is 0. The number of aryl methyl sites for hydroxylation is 2. The first kappa shape index (κ1) is 10.5. The summed E-state index contributed by atoms with van der Waals surface area (Å²) in [5.41, 5.74) is 8.95. The Morgan fingerprint density at radius 3 is 2.88 bits per heavy atom. The molecule has 1 aromatic heterocycles. The van der Waals surface area contributed by atoms with Crippen LogP contribution in [-0.2, 0) is 13.6 Å². The van der Waals surface area contributed by atoms with Crippen LogP contribution in [0.15, 0.2) is 30.5 Å². The third-order valence-corrected chi connectivity index (χ3v) is 2.40. The fraction of sp³-hybridized carbons (Fsp3) is 0.250. The molecule has 0 radical (unpaired) electrons. The van der Waals surface area contributed by atoms with Crippen LogP contribution in [0.25, 0.3) is 0 Å². The molecule has 0 bridgehead atoms. The number of hydrogen-bond acceptors (Lipinski definition) is 3. The van der Waals surface area contributed by atoms with Crippen molar-refractivity contribution < 1.29 is 0 Å². The number of hydrogen-bond donors (Lipinski definition) is 2. The average molecular weight is 216 g/mol. The van der Waals surface area contributed by atoms with Crippen molar-refractivity contribution in [3.05, 3.63) is 41.6 Å². The van der Waals surface area contributed by atoms with E-state index in [0.717, 1.165) is 12.4 Å². The van der Waals surface area contributed by atoms with Crippen molar-refractivity contribution in [3.8, 4) is 0 Å². The number of nitrogens with two attached hydrogens (primary N) is 1. The Bertz CT molecular complexity index is 488. The first-order chi connectivity index (χ1) is 7.65. The van der Waals surface area contributed by atoms with E-state index in [9.17, 15) is 0 Å². The molecule has 4 heteroatoms. The standard InChI is InChI=1S/C12H16N4/c1-9-4-3-5-10(6-9)7-14-12-11(13)8-16(2)15-12/h3-6,8H,7,13H2,1-2H3,(H,14,15). The van der Waals surface area contributed by atoms with Crippen LogP contribution in [0.1, 0.15) is 11.1 Å². The van der Waals surface area contributed by atoms with Gasteiger partial charge in [0.15, 0.2) is 5.82 Å². The van der Waals surface area contributed by atoms with E-state index in [1.165, 1.54) is 11.1 Å². The van der Waals surface area contributed by atoms with Gasteiger partial charge >= 0.3 is 0 Å². The van der Waals surface area contributed by atoms with Crippen molar-refractivity contribution in [2.45, 2.75) is 13.5 Å². The van der Waals surface area contributed by atoms with Gasteiger partial charge in [-0.2, -0.15) is 5.10 Å². The number of aromatic nitrogens is 2. The summed E-state index contributed by atoms with van der Waals surface area (Å²) in [6.45, 7) is 2.82. The van der Waals surface area contributed by atoms with E-state index in [1.807, 2.05) is 13.1 Å². The molecule has 4 nitrogen and oxygen atoms in total. The molecule has 84 valence electrons. The Kier molecular flexibility index (Phi) is 2.81. The van der Waals surface area contributed by atoms with E-state index in [4.69, 9.17) is 5.73 Å². The van der Waals surface area contributed by atoms with Gasteiger partial charge in [-0.1, -0.05) is 29.8 Å². The van der Waals surface area contributed by atoms with Gasteiger partial charge in [0.1, 0.15) is 0 Å². The largest absolute Gasteiger partial charge is 0.394 e. The van der Waals surface area contributed by atoms with Gasteiger partial charge in [-0.3, -0.25) is 4.68 Å². The molecular weight excluding hydrogens is 200 g/mol. The summed E-state index contributed by atoms with van der Waals surface area (Å²) in [5, 5.41) is 7.45. The van der Waals surface area contributed by atoms with Gasteiger partial charge < -0.3 is 11.1 Å². The lowest BCUT2D eigenvalue weighted by molar-refractivity contribution is 0.768. The van der Waals surface area contributed by atoms with Crippen molar-refractivity contribution in [3.63, 3.8) is 0 Å². The highest BCUT2D eigenvalue weighted by Crippen LogP contribution is 2.15. The van der Waals surface area contributed by atoms with Crippen LogP contribution in [0.3, 0.4) is 0 Å². The molecule has 0 saturated carbocycles. The topological polar surface area (TPSA) is 55.9 Å². The minimum absolute atomic E-state index is 0.676. The third-order valence-electron chi connectivity index (χ3n) is 2.40. The van der Waals surface area contributed by atoms with Crippen LogP contribution in [-0.4, -0.2) is 9.78 Å². The third kappa shape index (κ3) is 2.34. The zero-order chi connectivity index (χ0) is 11.5. The molecule has 3 N–H and O–H groups in total. The lowest BCUT2D eigenvalue weighted by Crippen LogP contribution is -2.02. The van der Waals surface area contributed by atoms with Crippen LogP contribution in [0.5, 0.6) is 0 Å². The second kappa shape index (κ2) is 4.26. The van der Waals surface area contributed by atoms with Crippen molar-refractivity contribution >= 4 is 11.5 Å². The smallest absolute Gasteiger partial charge is 0.171 e. The predicted molar refractivity (Wildman–Crippen MR) is 66.1 cm³/mol. The van der Waals surface area contributed by atoms with Gasteiger partial charge in [-0.15, -0.1) is 0 Å². The molecular formula is C12H16N4. The van der Waals surface area contributed by atoms with E-state index >= 15 is 0 Å². The Morgan fingerprint density at radius 1 is 1.44 bits per heavy atom. The molecule has 1 heterocycles. The molecule has 1 aromatic carbocycles. The Morgan fingerprint density at radius 2 is 2.25 bits per heavy atom. The van der Waals surface area contributed by atoms with E-state index in [2.05, 4.69) is 35.5 Å². The van der Waals surface area contributed by atoms with Crippen molar-refractivity contribution in [2.75, 3.05) is 11.1 Å². The van der Waals surface area contributed by atoms with Gasteiger partial charge in [-0.25, -0.2) is 0 Å². The van der Waals surface area contributed by atoms with E-state index in [0.29, 0.717) is 5.69 Å². The predicted octanol–water partition coefficient (Wildman–Crippen LogP) is 1.92. The van der Waals surface area contributed by atoms with Crippen LogP contribution in [0, 0.1) is 6.92 Å². The lowest BCUT2D eigenvalue weighted by Gasteiger charge is -2.04. The van der Waals surface area contributed by atoms with Crippen LogP contribution < -0.4 is 11.1 Å². The molecule has 16 heavy (non-hydrogen) atoms. The van der Waals surface area contributed by atoms with Gasteiger partial charge in [-0.05, 0) is 12.5 Å². The number of nitrogen functional groups attached to an aromatic ring is 1. The molecule has 0 aliphatic carbocycles. The zero-order valence-corrected chi connectivity index (χ0v) is 9.57. The summed E-state index contributed by atoms with van der Waals surface area (Å²) in [6.07, 6.45) is 1.79. The Balaban J connectivity index is 2.05. The monoisotopic (exact) mass is 216 g/mol. The first-order valence-corrected chi connectivity index (χ1v) is 5.23. The quantitative estimate of drug-likeness (QED) is 0.824. The zero-order valence-electron chi connectivity index (χ0n) is 9.57. The van der Waals surface area contributed by atoms with E-state index < -0.39 is 0 Å². The number of nitrogens with one attached hydrogen (secondary N) is 1. The molecule has 2 rings (SSSR count). The molecule has 0 unspecified atom stereocenters. The van der Waals surface area contributed by atoms with Crippen molar-refractivity contribution in [1.82, 2.24) is 9.78 Å². The van der Waals surface area contributed by atoms with Crippen molar-refractivity contribution in [2.24, 2.45) is 7.05 Å². The summed E-state index contributed by atoms with van der Waals surface area (Å²) < 4.78 is 1.70.